The Morgan fingerprint density at radius 1 is 1.09 bits per heavy atom. The number of nitrogens with one attached hydrogen (secondary N) is 2. The van der Waals surface area contributed by atoms with Crippen LogP contribution in [0.5, 0.6) is 11.5 Å². The third-order valence-corrected chi connectivity index (χ3v) is 4.75. The summed E-state index contributed by atoms with van der Waals surface area (Å²) in [5.41, 5.74) is 1.56. The van der Waals surface area contributed by atoms with Crippen molar-refractivity contribution in [3.8, 4) is 11.5 Å². The SMILES string of the molecule is CCOC(=O)Nc1cccc(C(=O)N[C@@H](c2cc(OC)cc(OC)c2)c2nccn2C)c1. The summed E-state index contributed by atoms with van der Waals surface area (Å²) in [6.45, 7) is 1.97. The lowest BCUT2D eigenvalue weighted by Crippen LogP contribution is -2.31. The number of methoxy groups -OCH3 is 2. The Labute approximate surface area is 186 Å². The van der Waals surface area contributed by atoms with E-state index in [1.165, 1.54) is 0 Å². The summed E-state index contributed by atoms with van der Waals surface area (Å²) in [7, 11) is 4.98. The standard InChI is InChI=1S/C23H26N4O5/c1-5-32-23(29)25-17-8-6-7-15(11-17)22(28)26-20(21-24-9-10-27(21)2)16-12-18(30-3)14-19(13-16)31-4/h6-14,20H,5H2,1-4H3,(H,25,29)(H,26,28)/t20-/m0/s1. The smallest absolute Gasteiger partial charge is 0.411 e. The maximum atomic E-state index is 13.2. The topological polar surface area (TPSA) is 104 Å². The van der Waals surface area contributed by atoms with E-state index < -0.39 is 12.1 Å². The lowest BCUT2D eigenvalue weighted by atomic mass is 10.0. The molecule has 0 spiro atoms. The van der Waals surface area contributed by atoms with Gasteiger partial charge in [0.2, 0.25) is 0 Å². The number of hydrogen-bond donors (Lipinski definition) is 2. The summed E-state index contributed by atoms with van der Waals surface area (Å²) >= 11 is 0. The minimum Gasteiger partial charge on any atom is -0.497 e. The fourth-order valence-corrected chi connectivity index (χ4v) is 3.19. The molecule has 168 valence electrons. The molecule has 1 heterocycles. The molecule has 1 aromatic heterocycles. The molecule has 1 atom stereocenters. The van der Waals surface area contributed by atoms with Crippen LogP contribution in [0.4, 0.5) is 10.5 Å². The molecule has 9 nitrogen and oxygen atoms in total. The zero-order chi connectivity index (χ0) is 23.1. The maximum Gasteiger partial charge on any atom is 0.411 e. The van der Waals surface area contributed by atoms with Crippen LogP contribution in [0.25, 0.3) is 0 Å². The number of imidazole rings is 1. The van der Waals surface area contributed by atoms with Crippen molar-refractivity contribution in [2.24, 2.45) is 7.05 Å². The molecule has 32 heavy (non-hydrogen) atoms. The van der Waals surface area contributed by atoms with Gasteiger partial charge in [0.25, 0.3) is 5.91 Å². The van der Waals surface area contributed by atoms with E-state index in [-0.39, 0.29) is 12.5 Å². The zero-order valence-electron chi connectivity index (χ0n) is 18.4. The molecule has 0 aliphatic carbocycles. The van der Waals surface area contributed by atoms with E-state index in [0.717, 1.165) is 5.56 Å². The largest absolute Gasteiger partial charge is 0.497 e. The normalized spacial score (nSPS) is 11.4. The molecule has 0 saturated heterocycles. The predicted octanol–water partition coefficient (Wildman–Crippen LogP) is 3.53. The summed E-state index contributed by atoms with van der Waals surface area (Å²) in [5.74, 6) is 1.48. The van der Waals surface area contributed by atoms with Crippen LogP contribution >= 0.6 is 0 Å². The third kappa shape index (κ3) is 5.37. The molecule has 0 bridgehead atoms. The van der Waals surface area contributed by atoms with Crippen molar-refractivity contribution in [1.29, 1.82) is 0 Å². The van der Waals surface area contributed by atoms with E-state index >= 15 is 0 Å². The number of hydrogen-bond acceptors (Lipinski definition) is 6. The van der Waals surface area contributed by atoms with E-state index in [9.17, 15) is 9.59 Å². The highest BCUT2D eigenvalue weighted by Crippen LogP contribution is 2.29. The molecule has 2 amide bonds. The number of carbonyl (C=O) groups excluding carboxylic acids is 2. The van der Waals surface area contributed by atoms with Crippen molar-refractivity contribution >= 4 is 17.7 Å². The van der Waals surface area contributed by atoms with Gasteiger partial charge in [-0.1, -0.05) is 6.07 Å². The summed E-state index contributed by atoms with van der Waals surface area (Å²) in [6, 6.07) is 11.4. The van der Waals surface area contributed by atoms with Gasteiger partial charge in [-0.3, -0.25) is 10.1 Å². The van der Waals surface area contributed by atoms with Crippen molar-refractivity contribution in [2.45, 2.75) is 13.0 Å². The first kappa shape index (κ1) is 22.7. The van der Waals surface area contributed by atoms with Crippen LogP contribution in [0.3, 0.4) is 0 Å². The lowest BCUT2D eigenvalue weighted by molar-refractivity contribution is 0.0941. The zero-order valence-corrected chi connectivity index (χ0v) is 18.4. The van der Waals surface area contributed by atoms with Gasteiger partial charge < -0.3 is 24.1 Å². The van der Waals surface area contributed by atoms with E-state index in [1.807, 2.05) is 23.7 Å². The molecule has 0 unspecified atom stereocenters. The number of anilines is 1. The Balaban J connectivity index is 1.92. The number of nitrogens with zero attached hydrogens (tertiary/aromatic N) is 2. The van der Waals surface area contributed by atoms with Gasteiger partial charge in [-0.15, -0.1) is 0 Å². The second kappa shape index (κ2) is 10.3. The fraction of sp³-hybridized carbons (Fsp3) is 0.261. The van der Waals surface area contributed by atoms with Gasteiger partial charge in [0.05, 0.1) is 20.8 Å². The maximum absolute atomic E-state index is 13.2. The number of aryl methyl sites for hydroxylation is 1. The van der Waals surface area contributed by atoms with Gasteiger partial charge in [0.15, 0.2) is 0 Å². The molecule has 0 aliphatic rings. The van der Waals surface area contributed by atoms with Gasteiger partial charge >= 0.3 is 6.09 Å². The van der Waals surface area contributed by atoms with Crippen LogP contribution in [-0.2, 0) is 11.8 Å². The summed E-state index contributed by atoms with van der Waals surface area (Å²) in [5, 5.41) is 5.62. The van der Waals surface area contributed by atoms with Gasteiger partial charge in [-0.25, -0.2) is 9.78 Å². The Bertz CT molecular complexity index is 1070. The Morgan fingerprint density at radius 2 is 1.81 bits per heavy atom. The number of carbonyl (C=O) groups is 2. The summed E-state index contributed by atoms with van der Waals surface area (Å²) in [6.07, 6.45) is 2.88. The quantitative estimate of drug-likeness (QED) is 0.558. The van der Waals surface area contributed by atoms with Crippen LogP contribution in [0.15, 0.2) is 54.9 Å². The number of ether oxygens (including phenoxy) is 3. The van der Waals surface area contributed by atoms with Crippen LogP contribution in [0.2, 0.25) is 0 Å². The average Bonchev–Trinajstić information content (AvgIpc) is 3.22. The van der Waals surface area contributed by atoms with Crippen molar-refractivity contribution in [1.82, 2.24) is 14.9 Å². The second-order valence-electron chi connectivity index (χ2n) is 6.88. The molecule has 0 fully saturated rings. The van der Waals surface area contributed by atoms with Crippen LogP contribution < -0.4 is 20.1 Å². The van der Waals surface area contributed by atoms with Gasteiger partial charge in [-0.2, -0.15) is 0 Å². The molecular formula is C23H26N4O5. The Morgan fingerprint density at radius 3 is 2.41 bits per heavy atom. The molecule has 3 rings (SSSR count). The monoisotopic (exact) mass is 438 g/mol. The minimum absolute atomic E-state index is 0.251. The van der Waals surface area contributed by atoms with E-state index in [0.29, 0.717) is 28.6 Å². The molecule has 9 heteroatoms. The first-order valence-corrected chi connectivity index (χ1v) is 10.00. The molecule has 0 radical (unpaired) electrons. The molecule has 0 saturated carbocycles. The lowest BCUT2D eigenvalue weighted by Gasteiger charge is -2.21. The number of benzene rings is 2. The van der Waals surface area contributed by atoms with E-state index in [1.54, 1.807) is 63.9 Å². The van der Waals surface area contributed by atoms with Crippen LogP contribution in [-0.4, -0.2) is 42.4 Å². The number of amides is 2. The molecule has 2 aromatic carbocycles. The molecule has 0 aliphatic heterocycles. The number of rotatable bonds is 8. The van der Waals surface area contributed by atoms with E-state index in [2.05, 4.69) is 15.6 Å². The first-order valence-electron chi connectivity index (χ1n) is 10.00. The molecule has 3 aromatic rings. The molecule has 2 N–H and O–H groups in total. The number of aromatic nitrogens is 2. The Kier molecular flexibility index (Phi) is 7.33. The van der Waals surface area contributed by atoms with Crippen LogP contribution in [0, 0.1) is 0 Å². The highest BCUT2D eigenvalue weighted by Gasteiger charge is 2.23. The van der Waals surface area contributed by atoms with Crippen molar-refractivity contribution < 1.29 is 23.8 Å². The van der Waals surface area contributed by atoms with Gasteiger partial charge in [-0.05, 0) is 42.8 Å². The van der Waals surface area contributed by atoms with Crippen molar-refractivity contribution in [2.75, 3.05) is 26.1 Å². The highest BCUT2D eigenvalue weighted by atomic mass is 16.5. The van der Waals surface area contributed by atoms with Crippen LogP contribution in [0.1, 0.15) is 34.7 Å². The van der Waals surface area contributed by atoms with Gasteiger partial charge in [0.1, 0.15) is 23.4 Å². The predicted molar refractivity (Wildman–Crippen MR) is 119 cm³/mol. The van der Waals surface area contributed by atoms with Crippen molar-refractivity contribution in [3.05, 3.63) is 71.8 Å². The second-order valence-corrected chi connectivity index (χ2v) is 6.88. The summed E-state index contributed by atoms with van der Waals surface area (Å²) < 4.78 is 17.5. The third-order valence-electron chi connectivity index (χ3n) is 4.75. The summed E-state index contributed by atoms with van der Waals surface area (Å²) in [4.78, 5) is 29.3. The average molecular weight is 438 g/mol. The highest BCUT2D eigenvalue weighted by molar-refractivity contribution is 5.96. The van der Waals surface area contributed by atoms with E-state index in [4.69, 9.17) is 14.2 Å². The first-order chi connectivity index (χ1) is 15.4. The minimum atomic E-state index is -0.584. The Hall–Kier alpha value is -4.01. The molecular weight excluding hydrogens is 412 g/mol. The fourth-order valence-electron chi connectivity index (χ4n) is 3.19. The van der Waals surface area contributed by atoms with Gasteiger partial charge in [0, 0.05) is 36.8 Å². The van der Waals surface area contributed by atoms with Crippen molar-refractivity contribution in [3.63, 3.8) is 0 Å².